The van der Waals surface area contributed by atoms with Crippen molar-refractivity contribution in [3.8, 4) is 44.8 Å². The van der Waals surface area contributed by atoms with Gasteiger partial charge in [0.05, 0.1) is 18.1 Å². The van der Waals surface area contributed by atoms with Gasteiger partial charge in [-0.05, 0) is 116 Å². The van der Waals surface area contributed by atoms with E-state index in [-0.39, 0.29) is 0 Å². The number of nitrogens with zero attached hydrogens (tertiary/aromatic N) is 1. The molecule has 0 atom stereocenters. The minimum absolute atomic E-state index is 0.870. The van der Waals surface area contributed by atoms with Crippen LogP contribution in [-0.2, 0) is 6.42 Å². The number of benzene rings is 8. The van der Waals surface area contributed by atoms with Gasteiger partial charge >= 0.3 is 0 Å². The molecule has 2 nitrogen and oxygen atoms in total. The molecule has 0 N–H and O–H groups in total. The Kier molecular flexibility index (Phi) is 7.81. The molecule has 54 heavy (non-hydrogen) atoms. The highest BCUT2D eigenvalue weighted by molar-refractivity contribution is 6.22. The first-order chi connectivity index (χ1) is 26.7. The van der Waals surface area contributed by atoms with Crippen molar-refractivity contribution in [2.45, 2.75) is 6.42 Å². The summed E-state index contributed by atoms with van der Waals surface area (Å²) in [6.45, 7) is 0. The number of fused-ring (bicyclic) bond motifs is 6. The van der Waals surface area contributed by atoms with Crippen LogP contribution in [0.1, 0.15) is 16.7 Å². The molecule has 0 saturated heterocycles. The predicted molar refractivity (Wildman–Crippen MR) is 228 cm³/mol. The maximum atomic E-state index is 5.41. The normalized spacial score (nSPS) is 12.5. The molecule has 8 aromatic carbocycles. The van der Waals surface area contributed by atoms with Gasteiger partial charge in [-0.2, -0.15) is 0 Å². The molecule has 0 fully saturated rings. The average molecular weight is 692 g/mol. The van der Waals surface area contributed by atoms with Gasteiger partial charge in [0.25, 0.3) is 0 Å². The molecule has 0 saturated carbocycles. The Morgan fingerprint density at radius 1 is 0.481 bits per heavy atom. The molecule has 0 amide bonds. The zero-order valence-electron chi connectivity index (χ0n) is 30.0. The number of hydrogen-bond donors (Lipinski definition) is 0. The summed E-state index contributed by atoms with van der Waals surface area (Å²) in [5, 5.41) is 4.97. The van der Waals surface area contributed by atoms with E-state index < -0.39 is 0 Å². The average Bonchev–Trinajstić information content (AvgIpc) is 3.43. The van der Waals surface area contributed by atoms with Crippen LogP contribution in [0.2, 0.25) is 0 Å². The van der Waals surface area contributed by atoms with Crippen LogP contribution in [0.15, 0.2) is 188 Å². The summed E-state index contributed by atoms with van der Waals surface area (Å²) in [5.41, 5.74) is 15.9. The molecule has 1 aromatic heterocycles. The number of rotatable bonds is 6. The Bertz CT molecular complexity index is 2850. The summed E-state index contributed by atoms with van der Waals surface area (Å²) >= 11 is 0. The van der Waals surface area contributed by atoms with E-state index in [9.17, 15) is 0 Å². The number of methoxy groups -OCH3 is 1. The molecule has 10 rings (SSSR count). The molecule has 1 aliphatic carbocycles. The third kappa shape index (κ3) is 5.52. The van der Waals surface area contributed by atoms with Gasteiger partial charge in [0.15, 0.2) is 0 Å². The molecule has 0 unspecified atom stereocenters. The fourth-order valence-electron chi connectivity index (χ4n) is 8.28. The zero-order chi connectivity index (χ0) is 36.0. The maximum Gasteiger partial charge on any atom is 0.118 e. The highest BCUT2D eigenvalue weighted by Crippen LogP contribution is 2.43. The molecule has 1 aliphatic rings. The summed E-state index contributed by atoms with van der Waals surface area (Å²) in [6.07, 6.45) is 7.56. The van der Waals surface area contributed by atoms with E-state index in [0.29, 0.717) is 0 Å². The van der Waals surface area contributed by atoms with Crippen LogP contribution in [0, 0.1) is 0 Å². The molecule has 2 heteroatoms. The summed E-state index contributed by atoms with van der Waals surface area (Å²) < 4.78 is 7.89. The second-order valence-electron chi connectivity index (χ2n) is 14.1. The minimum atomic E-state index is 0.870. The summed E-state index contributed by atoms with van der Waals surface area (Å²) in [7, 11) is 1.71. The molecule has 0 radical (unpaired) electrons. The number of allylic oxidation sites excluding steroid dienone is 3. The summed E-state index contributed by atoms with van der Waals surface area (Å²) in [6, 6.07) is 64.1. The second kappa shape index (κ2) is 13.3. The van der Waals surface area contributed by atoms with Gasteiger partial charge in [-0.3, -0.25) is 0 Å². The lowest BCUT2D eigenvalue weighted by Crippen LogP contribution is -1.97. The highest BCUT2D eigenvalue weighted by atomic mass is 16.5. The molecule has 1 heterocycles. The minimum Gasteiger partial charge on any atom is -0.497 e. The Morgan fingerprint density at radius 3 is 1.81 bits per heavy atom. The molecule has 0 spiro atoms. The molecular formula is C52H37NO. The lowest BCUT2D eigenvalue weighted by atomic mass is 9.91. The van der Waals surface area contributed by atoms with Crippen molar-refractivity contribution in [2.75, 3.05) is 7.11 Å². The lowest BCUT2D eigenvalue weighted by molar-refractivity contribution is 0.415. The van der Waals surface area contributed by atoms with Crippen LogP contribution in [0.25, 0.3) is 83.3 Å². The van der Waals surface area contributed by atoms with E-state index in [1.54, 1.807) is 7.11 Å². The fourth-order valence-corrected chi connectivity index (χ4v) is 8.28. The third-order valence-corrected chi connectivity index (χ3v) is 10.9. The first-order valence-corrected chi connectivity index (χ1v) is 18.6. The van der Waals surface area contributed by atoms with Gasteiger partial charge in [0.1, 0.15) is 5.75 Å². The molecule has 0 aliphatic heterocycles. The van der Waals surface area contributed by atoms with E-state index >= 15 is 0 Å². The first-order valence-electron chi connectivity index (χ1n) is 18.6. The monoisotopic (exact) mass is 691 g/mol. The molecule has 256 valence electrons. The van der Waals surface area contributed by atoms with Gasteiger partial charge in [-0.1, -0.05) is 146 Å². The molecular weight excluding hydrogens is 655 g/mol. The van der Waals surface area contributed by atoms with Gasteiger partial charge in [-0.25, -0.2) is 0 Å². The van der Waals surface area contributed by atoms with Crippen molar-refractivity contribution in [3.63, 3.8) is 0 Å². The largest absolute Gasteiger partial charge is 0.497 e. The number of hydrogen-bond acceptors (Lipinski definition) is 1. The van der Waals surface area contributed by atoms with Crippen molar-refractivity contribution in [2.24, 2.45) is 0 Å². The Hall–Kier alpha value is -6.90. The van der Waals surface area contributed by atoms with E-state index in [1.165, 1.54) is 88.2 Å². The van der Waals surface area contributed by atoms with Crippen LogP contribution < -0.4 is 4.74 Å². The quantitative estimate of drug-likeness (QED) is 0.169. The third-order valence-electron chi connectivity index (χ3n) is 10.9. The number of ether oxygens (including phenoxy) is 1. The topological polar surface area (TPSA) is 14.2 Å². The van der Waals surface area contributed by atoms with Gasteiger partial charge in [-0.15, -0.1) is 0 Å². The van der Waals surface area contributed by atoms with Crippen molar-refractivity contribution < 1.29 is 4.74 Å². The summed E-state index contributed by atoms with van der Waals surface area (Å²) in [4.78, 5) is 0. The second-order valence-corrected chi connectivity index (χ2v) is 14.1. The van der Waals surface area contributed by atoms with E-state index in [1.807, 2.05) is 12.1 Å². The van der Waals surface area contributed by atoms with E-state index in [4.69, 9.17) is 4.74 Å². The first kappa shape index (κ1) is 31.8. The molecule has 9 aromatic rings. The van der Waals surface area contributed by atoms with Crippen molar-refractivity contribution in [3.05, 3.63) is 205 Å². The van der Waals surface area contributed by atoms with Crippen LogP contribution >= 0.6 is 0 Å². The Balaban J connectivity index is 1.16. The smallest absolute Gasteiger partial charge is 0.118 e. The number of aromatic nitrogens is 1. The van der Waals surface area contributed by atoms with Crippen LogP contribution in [0.3, 0.4) is 0 Å². The molecule has 0 bridgehead atoms. The van der Waals surface area contributed by atoms with Gasteiger partial charge in [0, 0.05) is 21.8 Å². The van der Waals surface area contributed by atoms with Crippen molar-refractivity contribution >= 4 is 44.2 Å². The van der Waals surface area contributed by atoms with Gasteiger partial charge < -0.3 is 9.30 Å². The van der Waals surface area contributed by atoms with E-state index in [0.717, 1.165) is 17.9 Å². The number of para-hydroxylation sites is 1. The maximum absolute atomic E-state index is 5.41. The van der Waals surface area contributed by atoms with Crippen LogP contribution in [0.4, 0.5) is 0 Å². The van der Waals surface area contributed by atoms with Crippen LogP contribution in [-0.4, -0.2) is 11.7 Å². The zero-order valence-corrected chi connectivity index (χ0v) is 30.0. The predicted octanol–water partition coefficient (Wildman–Crippen LogP) is 13.6. The van der Waals surface area contributed by atoms with E-state index in [2.05, 4.69) is 187 Å². The fraction of sp³-hybridized carbons (Fsp3) is 0.0385. The SMILES string of the molecule is COc1ccc(C2=CC=Cc3cc(-c4cc5c6ccccc6n(-c6cc(-c7ccccc7)cc(-c7ccccc7)c6)c5c5ccccc45)ccc3C2)cc1. The lowest BCUT2D eigenvalue weighted by Gasteiger charge is -2.16. The van der Waals surface area contributed by atoms with Crippen molar-refractivity contribution in [1.29, 1.82) is 0 Å². The highest BCUT2D eigenvalue weighted by Gasteiger charge is 2.20. The Labute approximate surface area is 315 Å². The van der Waals surface area contributed by atoms with Gasteiger partial charge in [0.2, 0.25) is 0 Å². The van der Waals surface area contributed by atoms with Crippen molar-refractivity contribution in [1.82, 2.24) is 4.57 Å². The Morgan fingerprint density at radius 2 is 1.11 bits per heavy atom. The standard InChI is InChI=1S/C52H37NO/c1-54-45-27-25-37(26-28-45)38-17-12-18-39-30-41(24-23-40(39)29-38)49-34-50-47-20-10-11-22-51(47)53(52(50)48-21-9-8-19-46(48)49)44-32-42(35-13-4-2-5-14-35)31-43(33-44)36-15-6-3-7-16-36/h2-28,30-34H,29H2,1H3. The van der Waals surface area contributed by atoms with Crippen LogP contribution in [0.5, 0.6) is 5.75 Å². The summed E-state index contributed by atoms with van der Waals surface area (Å²) in [5.74, 6) is 0.874.